The smallest absolute Gasteiger partial charge is 0.132 e. The summed E-state index contributed by atoms with van der Waals surface area (Å²) in [5.41, 5.74) is 0.342. The fourth-order valence-corrected chi connectivity index (χ4v) is 1.54. The van der Waals surface area contributed by atoms with Gasteiger partial charge in [0, 0.05) is 12.8 Å². The van der Waals surface area contributed by atoms with Crippen molar-refractivity contribution in [2.45, 2.75) is 71.8 Å². The van der Waals surface area contributed by atoms with Gasteiger partial charge < -0.3 is 4.74 Å². The van der Waals surface area contributed by atoms with E-state index in [1.807, 2.05) is 13.8 Å². The number of carbonyl (C=O) groups excluding carboxylic acids is 1. The van der Waals surface area contributed by atoms with Crippen LogP contribution in [0.4, 0.5) is 0 Å². The van der Waals surface area contributed by atoms with Crippen molar-refractivity contribution in [3.63, 3.8) is 0 Å². The minimum Gasteiger partial charge on any atom is -0.370 e. The number of ketones is 1. The molecule has 0 aromatic carbocycles. The molecule has 1 aliphatic heterocycles. The van der Waals surface area contributed by atoms with E-state index in [1.165, 1.54) is 19.3 Å². The van der Waals surface area contributed by atoms with Crippen LogP contribution in [0.15, 0.2) is 0 Å². The van der Waals surface area contributed by atoms with E-state index in [2.05, 4.69) is 13.8 Å². The second-order valence-corrected chi connectivity index (χ2v) is 4.22. The molecule has 0 saturated carbocycles. The molecule has 90 valence electrons. The third kappa shape index (κ3) is 6.67. The number of hydrogen-bond donors (Lipinski definition) is 0. The summed E-state index contributed by atoms with van der Waals surface area (Å²) in [6, 6.07) is 0. The van der Waals surface area contributed by atoms with Crippen molar-refractivity contribution < 1.29 is 9.53 Å². The van der Waals surface area contributed by atoms with Crippen LogP contribution in [0.3, 0.4) is 0 Å². The Morgan fingerprint density at radius 2 is 1.80 bits per heavy atom. The fourth-order valence-electron chi connectivity index (χ4n) is 1.54. The monoisotopic (exact) mass is 214 g/mol. The van der Waals surface area contributed by atoms with Gasteiger partial charge in [-0.05, 0) is 19.3 Å². The van der Waals surface area contributed by atoms with Crippen molar-refractivity contribution in [2.24, 2.45) is 0 Å². The fraction of sp³-hybridized carbons (Fsp3) is 0.923. The minimum absolute atomic E-state index is 0.342. The van der Waals surface area contributed by atoms with Crippen LogP contribution in [0, 0.1) is 0 Å². The molecule has 1 saturated heterocycles. The third-order valence-corrected chi connectivity index (χ3v) is 2.83. The molecule has 0 bridgehead atoms. The Labute approximate surface area is 94.4 Å². The van der Waals surface area contributed by atoms with E-state index in [-0.39, 0.29) is 0 Å². The van der Waals surface area contributed by atoms with Crippen LogP contribution in [0.1, 0.15) is 66.2 Å². The average molecular weight is 214 g/mol. The van der Waals surface area contributed by atoms with Crippen LogP contribution in [-0.4, -0.2) is 18.0 Å². The lowest BCUT2D eigenvalue weighted by Gasteiger charge is -2.03. The summed E-state index contributed by atoms with van der Waals surface area (Å²) in [5, 5.41) is 0. The normalized spacial score (nSPS) is 22.9. The van der Waals surface area contributed by atoms with Gasteiger partial charge in [0.15, 0.2) is 0 Å². The molecule has 15 heavy (non-hydrogen) atoms. The molecule has 0 radical (unpaired) electrons. The number of carbonyl (C=O) groups is 1. The standard InChI is InChI=1S/C7H14O.C6H12O/c1-3-5-7(4-2)6-8-7;1-3-5-6(7)4-2/h3-6H2,1-2H3;3-5H2,1-2H3. The van der Waals surface area contributed by atoms with Crippen LogP contribution in [0.25, 0.3) is 0 Å². The summed E-state index contributed by atoms with van der Waals surface area (Å²) >= 11 is 0. The topological polar surface area (TPSA) is 29.6 Å². The van der Waals surface area contributed by atoms with Gasteiger partial charge in [0.25, 0.3) is 0 Å². The molecule has 0 spiro atoms. The van der Waals surface area contributed by atoms with Crippen molar-refractivity contribution >= 4 is 5.78 Å². The quantitative estimate of drug-likeness (QED) is 0.630. The first-order valence-corrected chi connectivity index (χ1v) is 6.29. The molecule has 1 aliphatic rings. The Morgan fingerprint density at radius 1 is 1.20 bits per heavy atom. The number of rotatable bonds is 6. The molecule has 0 N–H and O–H groups in total. The summed E-state index contributed by atoms with van der Waals surface area (Å²) in [4.78, 5) is 10.4. The number of ether oxygens (including phenoxy) is 1. The van der Waals surface area contributed by atoms with Gasteiger partial charge in [-0.15, -0.1) is 0 Å². The number of hydrogen-bond acceptors (Lipinski definition) is 2. The van der Waals surface area contributed by atoms with E-state index in [4.69, 9.17) is 4.74 Å². The maximum atomic E-state index is 10.4. The lowest BCUT2D eigenvalue weighted by atomic mass is 10.0. The molecule has 0 aromatic heterocycles. The Bertz CT molecular complexity index is 171. The van der Waals surface area contributed by atoms with Crippen molar-refractivity contribution in [1.82, 2.24) is 0 Å². The van der Waals surface area contributed by atoms with Gasteiger partial charge in [-0.3, -0.25) is 4.79 Å². The maximum Gasteiger partial charge on any atom is 0.132 e. The van der Waals surface area contributed by atoms with E-state index in [9.17, 15) is 4.79 Å². The highest BCUT2D eigenvalue weighted by atomic mass is 16.6. The van der Waals surface area contributed by atoms with Crippen molar-refractivity contribution in [3.05, 3.63) is 0 Å². The Morgan fingerprint density at radius 3 is 1.93 bits per heavy atom. The first-order valence-electron chi connectivity index (χ1n) is 6.29. The number of Topliss-reactive ketones (excluding diaryl/α,β-unsaturated/α-hetero) is 1. The van der Waals surface area contributed by atoms with Gasteiger partial charge in [0.05, 0.1) is 12.2 Å². The summed E-state index contributed by atoms with van der Waals surface area (Å²) in [6.07, 6.45) is 6.16. The van der Waals surface area contributed by atoms with Crippen LogP contribution in [-0.2, 0) is 9.53 Å². The van der Waals surface area contributed by atoms with Crippen molar-refractivity contribution in [1.29, 1.82) is 0 Å². The highest BCUT2D eigenvalue weighted by Gasteiger charge is 2.41. The van der Waals surface area contributed by atoms with Crippen LogP contribution in [0.5, 0.6) is 0 Å². The van der Waals surface area contributed by atoms with Gasteiger partial charge in [-0.25, -0.2) is 0 Å². The minimum atomic E-state index is 0.342. The Kier molecular flexibility index (Phi) is 7.67. The van der Waals surface area contributed by atoms with Crippen molar-refractivity contribution in [3.8, 4) is 0 Å². The molecular formula is C13H26O2. The van der Waals surface area contributed by atoms with Gasteiger partial charge >= 0.3 is 0 Å². The summed E-state index contributed by atoms with van der Waals surface area (Å²) in [5.74, 6) is 0.377. The SMILES string of the molecule is CCCC(=O)CC.CCCC1(CC)CO1. The summed E-state index contributed by atoms with van der Waals surface area (Å²) in [7, 11) is 0. The van der Waals surface area contributed by atoms with Gasteiger partial charge in [-0.1, -0.05) is 34.1 Å². The predicted octanol–water partition coefficient (Wildman–Crippen LogP) is 3.73. The second-order valence-electron chi connectivity index (χ2n) is 4.22. The molecule has 1 atom stereocenters. The van der Waals surface area contributed by atoms with E-state index in [1.54, 1.807) is 0 Å². The van der Waals surface area contributed by atoms with E-state index in [0.717, 1.165) is 19.4 Å². The third-order valence-electron chi connectivity index (χ3n) is 2.83. The van der Waals surface area contributed by atoms with E-state index < -0.39 is 0 Å². The first-order chi connectivity index (χ1) is 7.14. The Balaban J connectivity index is 0.000000265. The highest BCUT2D eigenvalue weighted by molar-refractivity contribution is 5.77. The molecule has 1 unspecified atom stereocenters. The molecule has 1 rings (SSSR count). The molecule has 0 aromatic rings. The van der Waals surface area contributed by atoms with Crippen LogP contribution < -0.4 is 0 Å². The van der Waals surface area contributed by atoms with E-state index >= 15 is 0 Å². The van der Waals surface area contributed by atoms with E-state index in [0.29, 0.717) is 17.8 Å². The highest BCUT2D eigenvalue weighted by Crippen LogP contribution is 2.34. The Hall–Kier alpha value is -0.370. The summed E-state index contributed by atoms with van der Waals surface area (Å²) < 4.78 is 5.29. The largest absolute Gasteiger partial charge is 0.370 e. The number of epoxide rings is 1. The molecule has 1 heterocycles. The lowest BCUT2D eigenvalue weighted by Crippen LogP contribution is -2.07. The average Bonchev–Trinajstić information content (AvgIpc) is 3.00. The molecule has 2 nitrogen and oxygen atoms in total. The van der Waals surface area contributed by atoms with Crippen LogP contribution in [0.2, 0.25) is 0 Å². The van der Waals surface area contributed by atoms with Crippen LogP contribution >= 0.6 is 0 Å². The predicted molar refractivity (Wildman–Crippen MR) is 64.1 cm³/mol. The molecular weight excluding hydrogens is 188 g/mol. The zero-order chi connectivity index (χ0) is 11.7. The first kappa shape index (κ1) is 14.6. The zero-order valence-corrected chi connectivity index (χ0v) is 10.8. The summed E-state index contributed by atoms with van der Waals surface area (Å²) in [6.45, 7) is 9.34. The second kappa shape index (κ2) is 7.86. The molecule has 2 heteroatoms. The van der Waals surface area contributed by atoms with Gasteiger partial charge in [-0.2, -0.15) is 0 Å². The van der Waals surface area contributed by atoms with Gasteiger partial charge in [0.2, 0.25) is 0 Å². The van der Waals surface area contributed by atoms with Gasteiger partial charge in [0.1, 0.15) is 5.78 Å². The molecule has 0 aliphatic carbocycles. The molecule has 0 amide bonds. The maximum absolute atomic E-state index is 10.4. The van der Waals surface area contributed by atoms with Crippen molar-refractivity contribution in [2.75, 3.05) is 6.61 Å². The molecule has 1 fully saturated rings. The zero-order valence-electron chi connectivity index (χ0n) is 10.8. The lowest BCUT2D eigenvalue weighted by molar-refractivity contribution is -0.118.